The maximum Gasteiger partial charge on any atom is 0.385 e. The summed E-state index contributed by atoms with van der Waals surface area (Å²) in [6, 6.07) is 7.34. The molecule has 1 saturated carbocycles. The molecule has 0 atom stereocenters. The van der Waals surface area contributed by atoms with Crippen molar-refractivity contribution < 1.29 is 21.7 Å². The van der Waals surface area contributed by atoms with Gasteiger partial charge in [-0.05, 0) is 55.2 Å². The van der Waals surface area contributed by atoms with Gasteiger partial charge in [0.2, 0.25) is 5.95 Å². The molecule has 0 bridgehead atoms. The molecule has 0 unspecified atom stereocenters. The monoisotopic (exact) mass is 502 g/mol. The summed E-state index contributed by atoms with van der Waals surface area (Å²) in [5.41, 5.74) is 19.0. The van der Waals surface area contributed by atoms with E-state index in [1.54, 1.807) is 25.1 Å². The standard InChI is InChI=1S/C23H27FN6O4S/c1-3-33-19-9-13(8-15-12-28-23(27)29-22(15)26)10-20(34-35(31,32)30(2)16-5-6-16)21(19)14-4-7-18(25)17(24)11-14/h4,7,9-12,16H,3,5-6,8,25H2,1-2H3,(H4,26,27,28,29). The maximum atomic E-state index is 14.4. The van der Waals surface area contributed by atoms with E-state index in [0.29, 0.717) is 22.4 Å². The van der Waals surface area contributed by atoms with E-state index in [1.807, 2.05) is 0 Å². The molecule has 4 rings (SSSR count). The molecule has 186 valence electrons. The lowest BCUT2D eigenvalue weighted by molar-refractivity contribution is 0.339. The lowest BCUT2D eigenvalue weighted by atomic mass is 9.98. The minimum absolute atomic E-state index is 0.0162. The summed E-state index contributed by atoms with van der Waals surface area (Å²) in [4.78, 5) is 7.95. The van der Waals surface area contributed by atoms with Crippen LogP contribution in [0.4, 0.5) is 21.8 Å². The highest BCUT2D eigenvalue weighted by molar-refractivity contribution is 7.84. The fraction of sp³-hybridized carbons (Fsp3) is 0.304. The maximum absolute atomic E-state index is 14.4. The lowest BCUT2D eigenvalue weighted by Gasteiger charge is -2.21. The van der Waals surface area contributed by atoms with Gasteiger partial charge in [0.25, 0.3) is 0 Å². The SMILES string of the molecule is CCOc1cc(Cc2cnc(N)nc2N)cc(OS(=O)(=O)N(C)C2CC2)c1-c1ccc(N)c(F)c1. The Bertz CT molecular complexity index is 1360. The number of halogens is 1. The number of aromatic nitrogens is 2. The third kappa shape index (κ3) is 5.38. The smallest absolute Gasteiger partial charge is 0.385 e. The molecule has 0 aliphatic heterocycles. The Morgan fingerprint density at radius 1 is 1.14 bits per heavy atom. The zero-order valence-electron chi connectivity index (χ0n) is 19.4. The Morgan fingerprint density at radius 2 is 1.86 bits per heavy atom. The summed E-state index contributed by atoms with van der Waals surface area (Å²) in [7, 11) is -2.67. The first-order chi connectivity index (χ1) is 16.6. The Morgan fingerprint density at radius 3 is 2.49 bits per heavy atom. The van der Waals surface area contributed by atoms with Crippen LogP contribution in [0.3, 0.4) is 0 Å². The second-order valence-electron chi connectivity index (χ2n) is 8.24. The zero-order valence-corrected chi connectivity index (χ0v) is 20.2. The van der Waals surface area contributed by atoms with Crippen molar-refractivity contribution in [1.29, 1.82) is 0 Å². The Balaban J connectivity index is 1.86. The number of hydrogen-bond donors (Lipinski definition) is 3. The van der Waals surface area contributed by atoms with Crippen LogP contribution in [0.2, 0.25) is 0 Å². The van der Waals surface area contributed by atoms with Gasteiger partial charge in [-0.3, -0.25) is 0 Å². The average molecular weight is 503 g/mol. The zero-order chi connectivity index (χ0) is 25.3. The summed E-state index contributed by atoms with van der Waals surface area (Å²) in [5.74, 6) is -0.116. The summed E-state index contributed by atoms with van der Waals surface area (Å²) in [6.45, 7) is 2.05. The molecule has 1 aliphatic carbocycles. The predicted molar refractivity (Wildman–Crippen MR) is 131 cm³/mol. The number of anilines is 3. The van der Waals surface area contributed by atoms with Crippen molar-refractivity contribution in [3.05, 3.63) is 53.5 Å². The first-order valence-corrected chi connectivity index (χ1v) is 12.3. The minimum Gasteiger partial charge on any atom is -0.493 e. The molecule has 0 spiro atoms. The van der Waals surface area contributed by atoms with Gasteiger partial charge in [0.1, 0.15) is 17.4 Å². The lowest BCUT2D eigenvalue weighted by Crippen LogP contribution is -2.32. The van der Waals surface area contributed by atoms with Crippen molar-refractivity contribution in [2.75, 3.05) is 30.9 Å². The van der Waals surface area contributed by atoms with Gasteiger partial charge in [-0.25, -0.2) is 9.37 Å². The van der Waals surface area contributed by atoms with Crippen molar-refractivity contribution in [3.63, 3.8) is 0 Å². The molecule has 1 aliphatic rings. The first kappa shape index (κ1) is 24.5. The topological polar surface area (TPSA) is 160 Å². The van der Waals surface area contributed by atoms with E-state index in [1.165, 1.54) is 29.7 Å². The predicted octanol–water partition coefficient (Wildman–Crippen LogP) is 2.74. The quantitative estimate of drug-likeness (QED) is 0.374. The molecule has 12 heteroatoms. The molecule has 3 aromatic rings. The van der Waals surface area contributed by atoms with Crippen LogP contribution in [0.15, 0.2) is 36.5 Å². The minimum atomic E-state index is -4.14. The number of ether oxygens (including phenoxy) is 1. The molecule has 0 radical (unpaired) electrons. The molecule has 10 nitrogen and oxygen atoms in total. The van der Waals surface area contributed by atoms with Crippen LogP contribution in [0.1, 0.15) is 30.9 Å². The van der Waals surface area contributed by atoms with Gasteiger partial charge in [-0.2, -0.15) is 17.7 Å². The van der Waals surface area contributed by atoms with Gasteiger partial charge in [0.05, 0.1) is 17.9 Å². The number of nitrogens with zero attached hydrogens (tertiary/aromatic N) is 3. The number of nitrogens with two attached hydrogens (primary N) is 3. The normalized spacial score (nSPS) is 13.7. The van der Waals surface area contributed by atoms with Crippen LogP contribution in [0.25, 0.3) is 11.1 Å². The van der Waals surface area contributed by atoms with Gasteiger partial charge in [0.15, 0.2) is 5.75 Å². The second kappa shape index (κ2) is 9.55. The second-order valence-corrected chi connectivity index (χ2v) is 9.84. The molecule has 0 saturated heterocycles. The molecule has 1 heterocycles. The van der Waals surface area contributed by atoms with E-state index >= 15 is 0 Å². The van der Waals surface area contributed by atoms with Crippen LogP contribution in [0.5, 0.6) is 11.5 Å². The molecule has 1 aromatic heterocycles. The first-order valence-electron chi connectivity index (χ1n) is 11.0. The summed E-state index contributed by atoms with van der Waals surface area (Å²) in [5, 5.41) is 0. The Hall–Kier alpha value is -3.64. The molecule has 2 aromatic carbocycles. The van der Waals surface area contributed by atoms with Crippen molar-refractivity contribution in [2.24, 2.45) is 0 Å². The highest BCUT2D eigenvalue weighted by Gasteiger charge is 2.36. The van der Waals surface area contributed by atoms with Crippen LogP contribution >= 0.6 is 0 Å². The molecular formula is C23H27FN6O4S. The number of nitrogen functional groups attached to an aromatic ring is 3. The number of rotatable bonds is 9. The average Bonchev–Trinajstić information content (AvgIpc) is 3.63. The summed E-state index contributed by atoms with van der Waals surface area (Å²) < 4.78 is 53.1. The molecule has 1 fully saturated rings. The van der Waals surface area contributed by atoms with Crippen LogP contribution in [-0.2, 0) is 16.7 Å². The van der Waals surface area contributed by atoms with Crippen molar-refractivity contribution in [1.82, 2.24) is 14.3 Å². The largest absolute Gasteiger partial charge is 0.493 e. The Labute approximate surface area is 203 Å². The fourth-order valence-corrected chi connectivity index (χ4v) is 4.68. The third-order valence-corrected chi connectivity index (χ3v) is 7.03. The van der Waals surface area contributed by atoms with Crippen molar-refractivity contribution in [2.45, 2.75) is 32.2 Å². The molecule has 35 heavy (non-hydrogen) atoms. The van der Waals surface area contributed by atoms with Gasteiger partial charge in [-0.1, -0.05) is 6.07 Å². The van der Waals surface area contributed by atoms with Gasteiger partial charge in [0, 0.05) is 31.3 Å². The van der Waals surface area contributed by atoms with Gasteiger partial charge in [-0.15, -0.1) is 0 Å². The van der Waals surface area contributed by atoms with E-state index in [2.05, 4.69) is 9.97 Å². The van der Waals surface area contributed by atoms with E-state index < -0.39 is 16.1 Å². The number of benzene rings is 2. The van der Waals surface area contributed by atoms with E-state index in [-0.39, 0.29) is 47.8 Å². The molecule has 6 N–H and O–H groups in total. The highest BCUT2D eigenvalue weighted by atomic mass is 32.2. The third-order valence-electron chi connectivity index (χ3n) is 5.63. The number of hydrogen-bond acceptors (Lipinski definition) is 9. The van der Waals surface area contributed by atoms with Crippen LogP contribution < -0.4 is 26.1 Å². The fourth-order valence-electron chi connectivity index (χ4n) is 3.63. The van der Waals surface area contributed by atoms with Crippen LogP contribution in [0, 0.1) is 5.82 Å². The van der Waals surface area contributed by atoms with E-state index in [4.69, 9.17) is 26.1 Å². The molecule has 0 amide bonds. The molecular weight excluding hydrogens is 475 g/mol. The van der Waals surface area contributed by atoms with E-state index in [0.717, 1.165) is 12.8 Å². The van der Waals surface area contributed by atoms with Gasteiger partial charge < -0.3 is 26.1 Å². The van der Waals surface area contributed by atoms with Gasteiger partial charge >= 0.3 is 10.3 Å². The Kier molecular flexibility index (Phi) is 6.68. The summed E-state index contributed by atoms with van der Waals surface area (Å²) >= 11 is 0. The van der Waals surface area contributed by atoms with Crippen molar-refractivity contribution >= 4 is 27.8 Å². The summed E-state index contributed by atoms with van der Waals surface area (Å²) in [6.07, 6.45) is 3.27. The van der Waals surface area contributed by atoms with Crippen molar-refractivity contribution in [3.8, 4) is 22.6 Å². The van der Waals surface area contributed by atoms with Crippen LogP contribution in [-0.4, -0.2) is 42.4 Å². The highest BCUT2D eigenvalue weighted by Crippen LogP contribution is 2.42. The van der Waals surface area contributed by atoms with E-state index in [9.17, 15) is 12.8 Å².